The van der Waals surface area contributed by atoms with Crippen molar-refractivity contribution in [3.8, 4) is 0 Å². The molecule has 0 atom stereocenters. The van der Waals surface area contributed by atoms with E-state index >= 15 is 0 Å². The largest absolute Gasteiger partial charge is 0.469 e. The number of ether oxygens (including phenoxy) is 1. The summed E-state index contributed by atoms with van der Waals surface area (Å²) in [5.74, 6) is 0.268. The Morgan fingerprint density at radius 3 is 2.94 bits per heavy atom. The smallest absolute Gasteiger partial charge is 0.306 e. The Hall–Kier alpha value is -1.00. The van der Waals surface area contributed by atoms with Crippen LogP contribution in [0.3, 0.4) is 0 Å². The molecule has 1 aromatic carbocycles. The van der Waals surface area contributed by atoms with Crippen LogP contribution >= 0.6 is 23.4 Å². The fraction of sp³-hybridized carbons (Fsp3) is 0.273. The zero-order chi connectivity index (χ0) is 12.0. The quantitative estimate of drug-likeness (QED) is 0.463. The van der Waals surface area contributed by atoms with Crippen LogP contribution in [-0.2, 0) is 9.53 Å². The van der Waals surface area contributed by atoms with Crippen LogP contribution in [0.4, 0.5) is 0 Å². The van der Waals surface area contributed by atoms with Crippen LogP contribution < -0.4 is 0 Å². The molecule has 0 aliphatic carbocycles. The Bertz CT molecular complexity index is 393. The van der Waals surface area contributed by atoms with Crippen molar-refractivity contribution in [2.45, 2.75) is 11.3 Å². The van der Waals surface area contributed by atoms with Crippen molar-refractivity contribution in [2.75, 3.05) is 12.9 Å². The zero-order valence-corrected chi connectivity index (χ0v) is 10.3. The van der Waals surface area contributed by atoms with Crippen LogP contribution in [-0.4, -0.2) is 25.1 Å². The van der Waals surface area contributed by atoms with E-state index in [9.17, 15) is 9.59 Å². The van der Waals surface area contributed by atoms with Gasteiger partial charge in [0.1, 0.15) is 0 Å². The average Bonchev–Trinajstić information content (AvgIpc) is 2.30. The highest BCUT2D eigenvalue weighted by Crippen LogP contribution is 2.30. The number of benzene rings is 1. The number of hydrogen-bond donors (Lipinski definition) is 0. The molecule has 0 bridgehead atoms. The van der Waals surface area contributed by atoms with E-state index in [1.54, 1.807) is 18.2 Å². The molecule has 0 saturated carbocycles. The first-order valence-electron chi connectivity index (χ1n) is 4.62. The Morgan fingerprint density at radius 1 is 1.56 bits per heavy atom. The molecule has 0 aliphatic heterocycles. The van der Waals surface area contributed by atoms with Gasteiger partial charge >= 0.3 is 5.97 Å². The number of carbonyl (C=O) groups excluding carboxylic acids is 2. The molecule has 0 heterocycles. The predicted octanol–water partition coefficient (Wildman–Crippen LogP) is 2.81. The number of thioether (sulfide) groups is 1. The summed E-state index contributed by atoms with van der Waals surface area (Å²) in [6, 6.07) is 5.13. The Kier molecular flexibility index (Phi) is 5.35. The lowest BCUT2D eigenvalue weighted by Gasteiger charge is -2.06. The molecule has 0 spiro atoms. The van der Waals surface area contributed by atoms with Crippen molar-refractivity contribution >= 4 is 35.6 Å². The second-order valence-corrected chi connectivity index (χ2v) is 4.46. The van der Waals surface area contributed by atoms with Crippen molar-refractivity contribution in [1.82, 2.24) is 0 Å². The summed E-state index contributed by atoms with van der Waals surface area (Å²) in [4.78, 5) is 22.4. The van der Waals surface area contributed by atoms with E-state index in [4.69, 9.17) is 11.6 Å². The van der Waals surface area contributed by atoms with Gasteiger partial charge in [0.15, 0.2) is 6.29 Å². The molecule has 0 unspecified atom stereocenters. The number of hydrogen-bond acceptors (Lipinski definition) is 4. The highest BCUT2D eigenvalue weighted by Gasteiger charge is 2.08. The van der Waals surface area contributed by atoms with Gasteiger partial charge in [0.2, 0.25) is 0 Å². The van der Waals surface area contributed by atoms with Crippen molar-refractivity contribution in [2.24, 2.45) is 0 Å². The van der Waals surface area contributed by atoms with Gasteiger partial charge in [-0.1, -0.05) is 23.7 Å². The molecular formula is C11H11ClO3S. The van der Waals surface area contributed by atoms with Crippen molar-refractivity contribution < 1.29 is 14.3 Å². The average molecular weight is 259 g/mol. The van der Waals surface area contributed by atoms with Crippen LogP contribution in [0.15, 0.2) is 23.1 Å². The first-order valence-corrected chi connectivity index (χ1v) is 5.98. The molecule has 1 aromatic rings. The number of rotatable bonds is 5. The molecule has 0 N–H and O–H groups in total. The predicted molar refractivity (Wildman–Crippen MR) is 64.2 cm³/mol. The van der Waals surface area contributed by atoms with Crippen LogP contribution in [0, 0.1) is 0 Å². The van der Waals surface area contributed by atoms with E-state index in [-0.39, 0.29) is 5.97 Å². The van der Waals surface area contributed by atoms with Gasteiger partial charge in [-0.15, -0.1) is 11.8 Å². The fourth-order valence-corrected chi connectivity index (χ4v) is 2.42. The number of esters is 1. The van der Waals surface area contributed by atoms with Gasteiger partial charge in [-0.25, -0.2) is 0 Å². The van der Waals surface area contributed by atoms with Crippen molar-refractivity contribution in [3.63, 3.8) is 0 Å². The number of carbonyl (C=O) groups is 2. The molecule has 5 heteroatoms. The third kappa shape index (κ3) is 3.54. The normalized spacial score (nSPS) is 9.88. The summed E-state index contributed by atoms with van der Waals surface area (Å²) in [6.45, 7) is 0. The fourth-order valence-electron chi connectivity index (χ4n) is 1.11. The topological polar surface area (TPSA) is 43.4 Å². The van der Waals surface area contributed by atoms with E-state index in [2.05, 4.69) is 4.74 Å². The highest BCUT2D eigenvalue weighted by molar-refractivity contribution is 7.99. The molecule has 3 nitrogen and oxygen atoms in total. The third-order valence-electron chi connectivity index (χ3n) is 1.90. The van der Waals surface area contributed by atoms with E-state index in [0.29, 0.717) is 27.7 Å². The number of halogens is 1. The molecule has 0 saturated heterocycles. The van der Waals surface area contributed by atoms with Gasteiger partial charge in [0.05, 0.1) is 18.6 Å². The molecule has 0 amide bonds. The van der Waals surface area contributed by atoms with Gasteiger partial charge in [-0.2, -0.15) is 0 Å². The lowest BCUT2D eigenvalue weighted by Crippen LogP contribution is -2.01. The molecule has 1 rings (SSSR count). The van der Waals surface area contributed by atoms with E-state index in [1.807, 2.05) is 0 Å². The minimum atomic E-state index is -0.271. The van der Waals surface area contributed by atoms with Gasteiger partial charge in [-0.05, 0) is 6.07 Å². The van der Waals surface area contributed by atoms with Crippen molar-refractivity contribution in [3.05, 3.63) is 28.8 Å². The maximum absolute atomic E-state index is 10.9. The Balaban J connectivity index is 2.65. The maximum Gasteiger partial charge on any atom is 0.306 e. The summed E-state index contributed by atoms with van der Waals surface area (Å²) < 4.78 is 4.52. The van der Waals surface area contributed by atoms with Gasteiger partial charge in [0.25, 0.3) is 0 Å². The monoisotopic (exact) mass is 258 g/mol. The summed E-state index contributed by atoms with van der Waals surface area (Å²) in [5, 5.41) is 0.527. The molecule has 86 valence electrons. The summed E-state index contributed by atoms with van der Waals surface area (Å²) >= 11 is 7.34. The molecule has 0 aromatic heterocycles. The van der Waals surface area contributed by atoms with Crippen LogP contribution in [0.5, 0.6) is 0 Å². The maximum atomic E-state index is 10.9. The number of aldehydes is 1. The first kappa shape index (κ1) is 13.1. The van der Waals surface area contributed by atoms with Crippen LogP contribution in [0.1, 0.15) is 16.8 Å². The minimum Gasteiger partial charge on any atom is -0.469 e. The third-order valence-corrected chi connectivity index (χ3v) is 3.48. The highest BCUT2D eigenvalue weighted by atomic mass is 35.5. The molecule has 0 fully saturated rings. The summed E-state index contributed by atoms with van der Waals surface area (Å²) in [5.41, 5.74) is 0.544. The van der Waals surface area contributed by atoms with E-state index in [0.717, 1.165) is 6.29 Å². The standard InChI is InChI=1S/C11H11ClO3S/c1-15-10(14)5-6-16-11-8(7-13)3-2-4-9(11)12/h2-4,7H,5-6H2,1H3. The first-order chi connectivity index (χ1) is 7.69. The van der Waals surface area contributed by atoms with E-state index < -0.39 is 0 Å². The Morgan fingerprint density at radius 2 is 2.31 bits per heavy atom. The second-order valence-electron chi connectivity index (χ2n) is 2.95. The van der Waals surface area contributed by atoms with E-state index in [1.165, 1.54) is 18.9 Å². The molecule has 16 heavy (non-hydrogen) atoms. The lowest BCUT2D eigenvalue weighted by molar-refractivity contribution is -0.140. The van der Waals surface area contributed by atoms with Crippen LogP contribution in [0.25, 0.3) is 0 Å². The molecular weight excluding hydrogens is 248 g/mol. The van der Waals surface area contributed by atoms with Gasteiger partial charge in [0, 0.05) is 16.2 Å². The van der Waals surface area contributed by atoms with Gasteiger partial charge in [-0.3, -0.25) is 9.59 Å². The SMILES string of the molecule is COC(=O)CCSc1c(Cl)cccc1C=O. The summed E-state index contributed by atoms with van der Waals surface area (Å²) in [7, 11) is 1.35. The molecule has 0 radical (unpaired) electrons. The lowest BCUT2D eigenvalue weighted by atomic mass is 10.2. The second kappa shape index (κ2) is 6.55. The number of methoxy groups -OCH3 is 1. The van der Waals surface area contributed by atoms with Gasteiger partial charge < -0.3 is 4.74 Å². The van der Waals surface area contributed by atoms with Crippen molar-refractivity contribution in [1.29, 1.82) is 0 Å². The minimum absolute atomic E-state index is 0.271. The molecule has 0 aliphatic rings. The van der Waals surface area contributed by atoms with Crippen LogP contribution in [0.2, 0.25) is 5.02 Å². The Labute approximate surface area is 103 Å². The zero-order valence-electron chi connectivity index (χ0n) is 8.73. The summed E-state index contributed by atoms with van der Waals surface area (Å²) in [6.07, 6.45) is 1.05.